The van der Waals surface area contributed by atoms with E-state index in [1.54, 1.807) is 0 Å². The van der Waals surface area contributed by atoms with Gasteiger partial charge in [0.25, 0.3) is 11.6 Å². The number of amides is 1. The molecule has 8 heteroatoms. The molecule has 0 aliphatic rings. The molecule has 0 unspecified atom stereocenters. The predicted molar refractivity (Wildman–Crippen MR) is 66.6 cm³/mol. The Hall–Kier alpha value is -2.22. The van der Waals surface area contributed by atoms with Crippen LogP contribution in [0, 0.1) is 15.9 Å². The van der Waals surface area contributed by atoms with Crippen molar-refractivity contribution in [3.63, 3.8) is 0 Å². The van der Waals surface area contributed by atoms with Crippen molar-refractivity contribution in [2.45, 2.75) is 0 Å². The van der Waals surface area contributed by atoms with Crippen molar-refractivity contribution < 1.29 is 19.2 Å². The molecule has 1 rings (SSSR count). The number of anilines is 1. The summed E-state index contributed by atoms with van der Waals surface area (Å²) < 4.78 is 13.5. The molecule has 0 aromatic heterocycles. The van der Waals surface area contributed by atoms with Crippen LogP contribution >= 0.6 is 0 Å². The molecule has 0 aliphatic carbocycles. The van der Waals surface area contributed by atoms with E-state index < -0.39 is 22.3 Å². The van der Waals surface area contributed by atoms with Gasteiger partial charge in [-0.1, -0.05) is 0 Å². The molecular weight excluding hydrogens is 257 g/mol. The normalized spacial score (nSPS) is 10.1. The Bertz CT molecular complexity index is 507. The molecule has 1 aromatic rings. The van der Waals surface area contributed by atoms with Crippen molar-refractivity contribution >= 4 is 17.3 Å². The zero-order valence-electron chi connectivity index (χ0n) is 10.5. The van der Waals surface area contributed by atoms with Gasteiger partial charge in [0.1, 0.15) is 5.56 Å². The van der Waals surface area contributed by atoms with Gasteiger partial charge < -0.3 is 15.3 Å². The number of carbonyl (C=O) groups excluding carboxylic acids is 1. The molecule has 0 saturated carbocycles. The lowest BCUT2D eigenvalue weighted by Gasteiger charge is -2.16. The SMILES string of the molecule is CNc1cc(C(=O)N(C)CCO)c([N+](=O)[O-])cc1F. The third-order valence-corrected chi connectivity index (χ3v) is 2.56. The minimum Gasteiger partial charge on any atom is -0.395 e. The van der Waals surface area contributed by atoms with Crippen LogP contribution in [0.1, 0.15) is 10.4 Å². The van der Waals surface area contributed by atoms with Gasteiger partial charge in [0.05, 0.1) is 23.3 Å². The molecule has 19 heavy (non-hydrogen) atoms. The van der Waals surface area contributed by atoms with Crippen LogP contribution in [0.4, 0.5) is 15.8 Å². The lowest BCUT2D eigenvalue weighted by molar-refractivity contribution is -0.385. The third kappa shape index (κ3) is 3.16. The van der Waals surface area contributed by atoms with E-state index >= 15 is 0 Å². The molecule has 1 amide bonds. The van der Waals surface area contributed by atoms with Crippen molar-refractivity contribution in [1.82, 2.24) is 4.90 Å². The summed E-state index contributed by atoms with van der Waals surface area (Å²) in [5.41, 5.74) is -0.843. The fraction of sp³-hybridized carbons (Fsp3) is 0.364. The third-order valence-electron chi connectivity index (χ3n) is 2.56. The maximum atomic E-state index is 13.5. The maximum absolute atomic E-state index is 13.5. The molecule has 0 saturated heterocycles. The summed E-state index contributed by atoms with van der Waals surface area (Å²) in [6.07, 6.45) is 0. The Labute approximate surface area is 108 Å². The Morgan fingerprint density at radius 1 is 1.58 bits per heavy atom. The lowest BCUT2D eigenvalue weighted by atomic mass is 10.1. The zero-order valence-corrected chi connectivity index (χ0v) is 10.5. The highest BCUT2D eigenvalue weighted by atomic mass is 19.1. The Balaban J connectivity index is 3.31. The van der Waals surface area contributed by atoms with E-state index in [2.05, 4.69) is 5.32 Å². The first-order valence-electron chi connectivity index (χ1n) is 5.44. The number of halogens is 1. The number of nitro groups is 1. The van der Waals surface area contributed by atoms with Crippen molar-refractivity contribution in [2.75, 3.05) is 32.6 Å². The van der Waals surface area contributed by atoms with E-state index in [9.17, 15) is 19.3 Å². The molecule has 1 aromatic carbocycles. The first-order chi connectivity index (χ1) is 8.92. The Morgan fingerprint density at radius 2 is 2.21 bits per heavy atom. The summed E-state index contributed by atoms with van der Waals surface area (Å²) >= 11 is 0. The fourth-order valence-electron chi connectivity index (χ4n) is 1.53. The molecule has 7 nitrogen and oxygen atoms in total. The van der Waals surface area contributed by atoms with Crippen molar-refractivity contribution in [1.29, 1.82) is 0 Å². The number of carbonyl (C=O) groups is 1. The quantitative estimate of drug-likeness (QED) is 0.611. The summed E-state index contributed by atoms with van der Waals surface area (Å²) in [6, 6.07) is 1.79. The van der Waals surface area contributed by atoms with Crippen LogP contribution < -0.4 is 5.32 Å². The van der Waals surface area contributed by atoms with Crippen LogP contribution in [0.15, 0.2) is 12.1 Å². The second-order valence-corrected chi connectivity index (χ2v) is 3.81. The highest BCUT2D eigenvalue weighted by molar-refractivity contribution is 5.99. The van der Waals surface area contributed by atoms with Crippen LogP contribution in [0.5, 0.6) is 0 Å². The van der Waals surface area contributed by atoms with E-state index in [1.807, 2.05) is 0 Å². The summed E-state index contributed by atoms with van der Waals surface area (Å²) in [4.78, 5) is 23.2. The molecular formula is C11H14FN3O4. The minimum absolute atomic E-state index is 0.00801. The molecule has 0 fully saturated rings. The number of aliphatic hydroxyl groups is 1. The van der Waals surface area contributed by atoms with Gasteiger partial charge in [0.2, 0.25) is 0 Å². The number of aliphatic hydroxyl groups excluding tert-OH is 1. The molecule has 0 radical (unpaired) electrons. The van der Waals surface area contributed by atoms with E-state index in [0.29, 0.717) is 6.07 Å². The number of nitro benzene ring substituents is 1. The maximum Gasteiger partial charge on any atom is 0.285 e. The van der Waals surface area contributed by atoms with Gasteiger partial charge in [-0.2, -0.15) is 0 Å². The van der Waals surface area contributed by atoms with Crippen molar-refractivity contribution in [3.05, 3.63) is 33.6 Å². The predicted octanol–water partition coefficient (Wildman–Crippen LogP) is 0.840. The van der Waals surface area contributed by atoms with Gasteiger partial charge in [-0.25, -0.2) is 4.39 Å². The molecule has 0 atom stereocenters. The second kappa shape index (κ2) is 6.10. The first kappa shape index (κ1) is 14.8. The molecule has 0 bridgehead atoms. The number of hydrogen-bond acceptors (Lipinski definition) is 5. The van der Waals surface area contributed by atoms with Crippen LogP contribution in [0.3, 0.4) is 0 Å². The number of nitrogens with one attached hydrogen (secondary N) is 1. The van der Waals surface area contributed by atoms with Gasteiger partial charge in [0, 0.05) is 20.6 Å². The summed E-state index contributed by atoms with van der Waals surface area (Å²) in [5, 5.41) is 22.1. The van der Waals surface area contributed by atoms with Gasteiger partial charge in [0.15, 0.2) is 5.82 Å². The second-order valence-electron chi connectivity index (χ2n) is 3.81. The van der Waals surface area contributed by atoms with Crippen molar-refractivity contribution in [2.24, 2.45) is 0 Å². The van der Waals surface area contributed by atoms with Crippen LogP contribution in [-0.2, 0) is 0 Å². The molecule has 0 aliphatic heterocycles. The average molecular weight is 271 g/mol. The number of benzene rings is 1. The average Bonchev–Trinajstić information content (AvgIpc) is 2.37. The van der Waals surface area contributed by atoms with Crippen LogP contribution in [0.25, 0.3) is 0 Å². The first-order valence-corrected chi connectivity index (χ1v) is 5.44. The van der Waals surface area contributed by atoms with Gasteiger partial charge >= 0.3 is 0 Å². The topological polar surface area (TPSA) is 95.7 Å². The van der Waals surface area contributed by atoms with Crippen LogP contribution in [0.2, 0.25) is 0 Å². The molecule has 0 spiro atoms. The molecule has 2 N–H and O–H groups in total. The van der Waals surface area contributed by atoms with Gasteiger partial charge in [-0.15, -0.1) is 0 Å². The number of likely N-dealkylation sites (N-methyl/N-ethyl adjacent to an activating group) is 1. The number of rotatable bonds is 5. The summed E-state index contributed by atoms with van der Waals surface area (Å²) in [6.45, 7) is -0.238. The Kier molecular flexibility index (Phi) is 4.76. The number of nitrogens with zero attached hydrogens (tertiary/aromatic N) is 2. The highest BCUT2D eigenvalue weighted by Gasteiger charge is 2.25. The van der Waals surface area contributed by atoms with Crippen molar-refractivity contribution in [3.8, 4) is 0 Å². The fourth-order valence-corrected chi connectivity index (χ4v) is 1.53. The van der Waals surface area contributed by atoms with Gasteiger partial charge in [-0.3, -0.25) is 14.9 Å². The van der Waals surface area contributed by atoms with Crippen LogP contribution in [-0.4, -0.2) is 48.1 Å². The van der Waals surface area contributed by atoms with E-state index in [4.69, 9.17) is 5.11 Å². The minimum atomic E-state index is -0.817. The smallest absolute Gasteiger partial charge is 0.285 e. The summed E-state index contributed by atoms with van der Waals surface area (Å²) in [7, 11) is 2.83. The molecule has 104 valence electrons. The molecule has 0 heterocycles. The number of hydrogen-bond donors (Lipinski definition) is 2. The summed E-state index contributed by atoms with van der Waals surface area (Å²) in [5.74, 6) is -1.46. The van der Waals surface area contributed by atoms with E-state index in [1.165, 1.54) is 14.1 Å². The zero-order chi connectivity index (χ0) is 14.6. The van der Waals surface area contributed by atoms with Gasteiger partial charge in [-0.05, 0) is 6.07 Å². The van der Waals surface area contributed by atoms with E-state index in [-0.39, 0.29) is 24.4 Å². The Morgan fingerprint density at radius 3 is 2.68 bits per heavy atom. The largest absolute Gasteiger partial charge is 0.395 e. The van der Waals surface area contributed by atoms with E-state index in [0.717, 1.165) is 11.0 Å². The monoisotopic (exact) mass is 271 g/mol. The lowest BCUT2D eigenvalue weighted by Crippen LogP contribution is -2.30. The highest BCUT2D eigenvalue weighted by Crippen LogP contribution is 2.26. The standard InChI is InChI=1S/C11H14FN3O4/c1-13-9-5-7(11(17)14(2)3-4-16)10(15(18)19)6-8(9)12/h5-6,13,16H,3-4H2,1-2H3.